The van der Waals surface area contributed by atoms with E-state index in [2.05, 4.69) is 51.3 Å². The number of hydrogen-bond acceptors (Lipinski definition) is 8. The van der Waals surface area contributed by atoms with E-state index in [-0.39, 0.29) is 23.8 Å². The first-order valence-corrected chi connectivity index (χ1v) is 12.4. The highest BCUT2D eigenvalue weighted by Gasteiger charge is 2.31. The maximum atomic E-state index is 13.2. The van der Waals surface area contributed by atoms with Crippen molar-refractivity contribution in [3.63, 3.8) is 0 Å². The number of esters is 1. The van der Waals surface area contributed by atoms with Crippen LogP contribution < -0.4 is 21.3 Å². The molecule has 194 valence electrons. The summed E-state index contributed by atoms with van der Waals surface area (Å²) in [6.07, 6.45) is 0.823. The molecular formula is C23H34N4O6S2. The molecule has 12 heteroatoms. The molecule has 0 bridgehead atoms. The quantitative estimate of drug-likeness (QED) is 0.107. The minimum Gasteiger partial charge on any atom is -0.467 e. The highest BCUT2D eigenvalue weighted by Crippen LogP contribution is 2.09. The summed E-state index contributed by atoms with van der Waals surface area (Å²) in [6, 6.07) is 5.11. The summed E-state index contributed by atoms with van der Waals surface area (Å²) < 4.78 is 4.69. The number of carbonyl (C=O) groups is 5. The number of benzene rings is 1. The molecule has 1 aromatic carbocycles. The van der Waals surface area contributed by atoms with Gasteiger partial charge < -0.3 is 26.0 Å². The van der Waals surface area contributed by atoms with Crippen LogP contribution in [0.1, 0.15) is 25.8 Å². The Morgan fingerprint density at radius 1 is 0.857 bits per heavy atom. The lowest BCUT2D eigenvalue weighted by molar-refractivity contribution is -0.144. The maximum absolute atomic E-state index is 13.2. The van der Waals surface area contributed by atoms with Gasteiger partial charge in [0, 0.05) is 17.9 Å². The third-order valence-corrected chi connectivity index (χ3v) is 5.74. The van der Waals surface area contributed by atoms with E-state index in [4.69, 9.17) is 0 Å². The molecule has 0 saturated carbocycles. The molecule has 4 N–H and O–H groups in total. The molecule has 1 aromatic rings. The van der Waals surface area contributed by atoms with Gasteiger partial charge in [0.2, 0.25) is 24.1 Å². The van der Waals surface area contributed by atoms with Gasteiger partial charge >= 0.3 is 5.97 Å². The smallest absolute Gasteiger partial charge is 0.329 e. The first kappa shape index (κ1) is 30.3. The lowest BCUT2D eigenvalue weighted by Crippen LogP contribution is -2.58. The zero-order chi connectivity index (χ0) is 26.4. The Labute approximate surface area is 216 Å². The van der Waals surface area contributed by atoms with E-state index in [0.717, 1.165) is 5.56 Å². The number of methoxy groups -OCH3 is 1. The summed E-state index contributed by atoms with van der Waals surface area (Å²) in [5.74, 6) is -2.33. The molecule has 0 saturated heterocycles. The van der Waals surface area contributed by atoms with Crippen LogP contribution in [0.3, 0.4) is 0 Å². The fourth-order valence-corrected chi connectivity index (χ4v) is 3.71. The van der Waals surface area contributed by atoms with E-state index in [0.29, 0.717) is 12.8 Å². The van der Waals surface area contributed by atoms with Crippen LogP contribution in [0.25, 0.3) is 0 Å². The molecule has 35 heavy (non-hydrogen) atoms. The molecule has 0 aliphatic rings. The molecular weight excluding hydrogens is 492 g/mol. The van der Waals surface area contributed by atoms with E-state index in [9.17, 15) is 24.0 Å². The molecule has 0 spiro atoms. The standard InChI is InChI=1S/C23H34N4O6S2/c1-14(2)9-16(25-22(31)18(11-34)24-13-28)20(29)26-17(10-15-7-5-4-6-8-15)21(30)27-19(12-35)23(32)33-3/h4-8,13-14,16-19,34-35H,9-12H2,1-3H3,(H,24,28)(H,25,31)(H,26,29)(H,27,30)/t16-,17-,18-,19-/m0/s1. The molecule has 0 aromatic heterocycles. The van der Waals surface area contributed by atoms with Gasteiger partial charge in [0.15, 0.2) is 0 Å². The Kier molecular flexibility index (Phi) is 13.9. The van der Waals surface area contributed by atoms with Crippen molar-refractivity contribution in [1.29, 1.82) is 0 Å². The maximum Gasteiger partial charge on any atom is 0.329 e. The lowest BCUT2D eigenvalue weighted by atomic mass is 10.0. The average Bonchev–Trinajstić information content (AvgIpc) is 2.84. The summed E-state index contributed by atoms with van der Waals surface area (Å²) in [6.45, 7) is 3.77. The number of rotatable bonds is 15. The second-order valence-corrected chi connectivity index (χ2v) is 8.96. The van der Waals surface area contributed by atoms with Crippen LogP contribution in [0.4, 0.5) is 0 Å². The molecule has 0 aliphatic carbocycles. The number of amides is 4. The second-order valence-electron chi connectivity index (χ2n) is 8.23. The lowest BCUT2D eigenvalue weighted by Gasteiger charge is -2.26. The van der Waals surface area contributed by atoms with Crippen molar-refractivity contribution in [3.05, 3.63) is 35.9 Å². The predicted molar refractivity (Wildman–Crippen MR) is 138 cm³/mol. The molecule has 4 atom stereocenters. The van der Waals surface area contributed by atoms with Crippen molar-refractivity contribution in [2.45, 2.75) is 50.9 Å². The van der Waals surface area contributed by atoms with Crippen LogP contribution in [0.5, 0.6) is 0 Å². The van der Waals surface area contributed by atoms with Gasteiger partial charge in [-0.2, -0.15) is 25.3 Å². The van der Waals surface area contributed by atoms with Gasteiger partial charge in [0.25, 0.3) is 0 Å². The molecule has 0 aliphatic heterocycles. The van der Waals surface area contributed by atoms with E-state index in [1.807, 2.05) is 19.9 Å². The Morgan fingerprint density at radius 3 is 1.89 bits per heavy atom. The molecule has 0 heterocycles. The second kappa shape index (κ2) is 16.0. The Bertz CT molecular complexity index is 856. The summed E-state index contributed by atoms with van der Waals surface area (Å²) >= 11 is 8.14. The van der Waals surface area contributed by atoms with Crippen LogP contribution in [0, 0.1) is 5.92 Å². The average molecular weight is 527 g/mol. The molecule has 10 nitrogen and oxygen atoms in total. The topological polar surface area (TPSA) is 143 Å². The monoisotopic (exact) mass is 526 g/mol. The normalized spacial score (nSPS) is 14.1. The largest absolute Gasteiger partial charge is 0.467 e. The van der Waals surface area contributed by atoms with E-state index >= 15 is 0 Å². The summed E-state index contributed by atoms with van der Waals surface area (Å²) in [4.78, 5) is 61.5. The van der Waals surface area contributed by atoms with Crippen molar-refractivity contribution >= 4 is 55.4 Å². The third-order valence-electron chi connectivity index (χ3n) is 5.01. The van der Waals surface area contributed by atoms with Crippen molar-refractivity contribution in [2.75, 3.05) is 18.6 Å². The first-order valence-electron chi connectivity index (χ1n) is 11.1. The minimum absolute atomic E-state index is 0.00525. The zero-order valence-electron chi connectivity index (χ0n) is 20.0. The Morgan fingerprint density at radius 2 is 1.37 bits per heavy atom. The van der Waals surface area contributed by atoms with Gasteiger partial charge in [-0.25, -0.2) is 4.79 Å². The SMILES string of the molecule is COC(=O)[C@H](CS)NC(=O)[C@H](Cc1ccccc1)NC(=O)[C@H](CC(C)C)NC(=O)[C@H](CS)NC=O. The van der Waals surface area contributed by atoms with Crippen LogP contribution in [-0.4, -0.2) is 72.9 Å². The van der Waals surface area contributed by atoms with Crippen LogP contribution in [0.15, 0.2) is 30.3 Å². The molecule has 0 radical (unpaired) electrons. The highest BCUT2D eigenvalue weighted by molar-refractivity contribution is 7.80. The van der Waals surface area contributed by atoms with Crippen molar-refractivity contribution in [1.82, 2.24) is 21.3 Å². The first-order chi connectivity index (χ1) is 16.7. The molecule has 0 fully saturated rings. The van der Waals surface area contributed by atoms with E-state index in [1.54, 1.807) is 24.3 Å². The van der Waals surface area contributed by atoms with E-state index in [1.165, 1.54) is 7.11 Å². The molecule has 4 amide bonds. The van der Waals surface area contributed by atoms with Gasteiger partial charge in [0.1, 0.15) is 24.2 Å². The summed E-state index contributed by atoms with van der Waals surface area (Å²) in [7, 11) is 1.20. The number of nitrogens with one attached hydrogen (secondary N) is 4. The number of hydrogen-bond donors (Lipinski definition) is 6. The Hall–Kier alpha value is -2.73. The number of ether oxygens (including phenoxy) is 1. The van der Waals surface area contributed by atoms with Gasteiger partial charge in [-0.3, -0.25) is 19.2 Å². The predicted octanol–water partition coefficient (Wildman–Crippen LogP) is -0.123. The molecule has 1 rings (SSSR count). The minimum atomic E-state index is -1.04. The number of carbonyl (C=O) groups excluding carboxylic acids is 5. The highest BCUT2D eigenvalue weighted by atomic mass is 32.1. The van der Waals surface area contributed by atoms with Gasteiger partial charge in [-0.1, -0.05) is 44.2 Å². The fraction of sp³-hybridized carbons (Fsp3) is 0.522. The van der Waals surface area contributed by atoms with Gasteiger partial charge in [0.05, 0.1) is 7.11 Å². The van der Waals surface area contributed by atoms with Crippen LogP contribution in [-0.2, 0) is 35.1 Å². The number of thiol groups is 2. The Balaban J connectivity index is 3.12. The third kappa shape index (κ3) is 10.6. The summed E-state index contributed by atoms with van der Waals surface area (Å²) in [5, 5.41) is 10.2. The molecule has 0 unspecified atom stereocenters. The van der Waals surface area contributed by atoms with Crippen LogP contribution in [0.2, 0.25) is 0 Å². The van der Waals surface area contributed by atoms with Crippen molar-refractivity contribution in [3.8, 4) is 0 Å². The fourth-order valence-electron chi connectivity index (χ4n) is 3.19. The van der Waals surface area contributed by atoms with Gasteiger partial charge in [-0.05, 0) is 17.9 Å². The van der Waals surface area contributed by atoms with Crippen molar-refractivity contribution < 1.29 is 28.7 Å². The van der Waals surface area contributed by atoms with Crippen LogP contribution >= 0.6 is 25.3 Å². The zero-order valence-corrected chi connectivity index (χ0v) is 21.8. The van der Waals surface area contributed by atoms with Crippen molar-refractivity contribution in [2.24, 2.45) is 5.92 Å². The summed E-state index contributed by atoms with van der Waals surface area (Å²) in [5.41, 5.74) is 0.781. The van der Waals surface area contributed by atoms with Gasteiger partial charge in [-0.15, -0.1) is 0 Å². The van der Waals surface area contributed by atoms with E-state index < -0.39 is 47.9 Å².